The van der Waals surface area contributed by atoms with Crippen LogP contribution in [0.25, 0.3) is 0 Å². The molecule has 1 rings (SSSR count). The largest absolute Gasteiger partial charge is 0.379 e. The molecule has 0 unspecified atom stereocenters. The molecular formula is C7H16ClNOSi. The van der Waals surface area contributed by atoms with Crippen LogP contribution in [-0.2, 0) is 4.74 Å². The van der Waals surface area contributed by atoms with Crippen LogP contribution in [-0.4, -0.2) is 44.6 Å². The summed E-state index contributed by atoms with van der Waals surface area (Å²) in [5, 5.41) is 0. The van der Waals surface area contributed by atoms with Gasteiger partial charge < -0.3 is 9.30 Å². The molecule has 0 radical (unpaired) electrons. The second kappa shape index (κ2) is 3.89. The summed E-state index contributed by atoms with van der Waals surface area (Å²) in [5.41, 5.74) is 0.826. The van der Waals surface area contributed by atoms with Crippen molar-refractivity contribution in [1.82, 2.24) is 4.57 Å². The first kappa shape index (κ1) is 9.51. The molecule has 1 saturated heterocycles. The van der Waals surface area contributed by atoms with E-state index in [4.69, 9.17) is 16.3 Å². The van der Waals surface area contributed by atoms with E-state index < -0.39 is 8.24 Å². The smallest absolute Gasteiger partial charge is 0.137 e. The van der Waals surface area contributed by atoms with Gasteiger partial charge in [-0.05, 0) is 0 Å². The summed E-state index contributed by atoms with van der Waals surface area (Å²) in [6.07, 6.45) is 0. The van der Waals surface area contributed by atoms with Crippen LogP contribution >= 0.6 is 11.6 Å². The predicted molar refractivity (Wildman–Crippen MR) is 50.6 cm³/mol. The van der Waals surface area contributed by atoms with Crippen LogP contribution in [0.5, 0.6) is 0 Å². The first-order valence-electron chi connectivity index (χ1n) is 4.05. The summed E-state index contributed by atoms with van der Waals surface area (Å²) < 4.78 is 7.79. The van der Waals surface area contributed by atoms with Crippen molar-refractivity contribution >= 4 is 19.8 Å². The molecule has 1 fully saturated rings. The van der Waals surface area contributed by atoms with E-state index in [1.54, 1.807) is 0 Å². The maximum atomic E-state index is 5.91. The van der Waals surface area contributed by atoms with Crippen LogP contribution < -0.4 is 0 Å². The van der Waals surface area contributed by atoms with Gasteiger partial charge in [0.25, 0.3) is 0 Å². The van der Waals surface area contributed by atoms with Crippen LogP contribution in [0, 0.1) is 0 Å². The van der Waals surface area contributed by atoms with Gasteiger partial charge in [0.05, 0.1) is 13.2 Å². The van der Waals surface area contributed by atoms with Crippen LogP contribution in [0.15, 0.2) is 0 Å². The number of ether oxygens (including phenoxy) is 1. The van der Waals surface area contributed by atoms with Crippen molar-refractivity contribution in [1.29, 1.82) is 0 Å². The van der Waals surface area contributed by atoms with E-state index in [-0.39, 0.29) is 0 Å². The Hall–Kier alpha value is 0.427. The summed E-state index contributed by atoms with van der Waals surface area (Å²) in [5.74, 6) is 0. The Morgan fingerprint density at radius 3 is 2.36 bits per heavy atom. The molecule has 0 aromatic carbocycles. The van der Waals surface area contributed by atoms with E-state index in [2.05, 4.69) is 17.7 Å². The van der Waals surface area contributed by atoms with Crippen molar-refractivity contribution < 1.29 is 4.74 Å². The number of hydrogen-bond acceptors (Lipinski definition) is 2. The molecule has 0 aromatic heterocycles. The van der Waals surface area contributed by atoms with Gasteiger partial charge in [-0.3, -0.25) is 0 Å². The minimum Gasteiger partial charge on any atom is -0.379 e. The van der Waals surface area contributed by atoms with Gasteiger partial charge in [-0.15, -0.1) is 11.6 Å². The highest BCUT2D eigenvalue weighted by Crippen LogP contribution is 2.13. The summed E-state index contributed by atoms with van der Waals surface area (Å²) in [7, 11) is -1.26. The highest BCUT2D eigenvalue weighted by molar-refractivity contribution is 6.80. The Morgan fingerprint density at radius 2 is 1.91 bits per heavy atom. The fourth-order valence-electron chi connectivity index (χ4n) is 1.25. The van der Waals surface area contributed by atoms with Crippen molar-refractivity contribution in [2.24, 2.45) is 0 Å². The van der Waals surface area contributed by atoms with E-state index in [9.17, 15) is 0 Å². The molecule has 1 aliphatic rings. The lowest BCUT2D eigenvalue weighted by atomic mass is 10.5. The van der Waals surface area contributed by atoms with E-state index in [1.165, 1.54) is 0 Å². The van der Waals surface area contributed by atoms with Crippen LogP contribution in [0.2, 0.25) is 13.1 Å². The fraction of sp³-hybridized carbons (Fsp3) is 1.00. The molecule has 0 aliphatic carbocycles. The lowest BCUT2D eigenvalue weighted by Crippen LogP contribution is -2.55. The van der Waals surface area contributed by atoms with E-state index in [0.29, 0.717) is 0 Å². The molecule has 0 aromatic rings. The maximum absolute atomic E-state index is 5.91. The molecule has 0 spiro atoms. The first-order valence-corrected chi connectivity index (χ1v) is 7.74. The Morgan fingerprint density at radius 1 is 1.36 bits per heavy atom. The zero-order chi connectivity index (χ0) is 8.32. The summed E-state index contributed by atoms with van der Waals surface area (Å²) in [4.78, 5) is 0. The average molecular weight is 194 g/mol. The zero-order valence-electron chi connectivity index (χ0n) is 7.27. The molecule has 11 heavy (non-hydrogen) atoms. The molecule has 66 valence electrons. The molecule has 0 saturated carbocycles. The van der Waals surface area contributed by atoms with Crippen LogP contribution in [0.3, 0.4) is 0 Å². The number of hydrogen-bond donors (Lipinski definition) is 0. The van der Waals surface area contributed by atoms with Crippen molar-refractivity contribution in [2.45, 2.75) is 13.1 Å². The number of morpholine rings is 1. The van der Waals surface area contributed by atoms with Crippen molar-refractivity contribution in [3.63, 3.8) is 0 Å². The Balaban J connectivity index is 2.43. The van der Waals surface area contributed by atoms with Crippen LogP contribution in [0.4, 0.5) is 0 Å². The second-order valence-electron chi connectivity index (χ2n) is 3.55. The van der Waals surface area contributed by atoms with Gasteiger partial charge in [-0.2, -0.15) is 0 Å². The van der Waals surface area contributed by atoms with Crippen LogP contribution in [0.1, 0.15) is 0 Å². The molecule has 1 heterocycles. The van der Waals surface area contributed by atoms with Gasteiger partial charge in [-0.1, -0.05) is 13.1 Å². The normalized spacial score (nSPS) is 22.1. The minimum absolute atomic E-state index is 0.826. The summed E-state index contributed by atoms with van der Waals surface area (Å²) in [6.45, 7) is 8.54. The van der Waals surface area contributed by atoms with E-state index in [0.717, 1.165) is 31.8 Å². The summed E-state index contributed by atoms with van der Waals surface area (Å²) in [6, 6.07) is 0. The molecule has 2 nitrogen and oxygen atoms in total. The van der Waals surface area contributed by atoms with E-state index >= 15 is 0 Å². The molecule has 0 atom stereocenters. The topological polar surface area (TPSA) is 12.5 Å². The lowest BCUT2D eigenvalue weighted by molar-refractivity contribution is 0.0692. The monoisotopic (exact) mass is 193 g/mol. The third-order valence-corrected chi connectivity index (χ3v) is 6.97. The minimum atomic E-state index is -1.26. The molecular weight excluding hydrogens is 178 g/mol. The summed E-state index contributed by atoms with van der Waals surface area (Å²) >= 11 is 5.91. The lowest BCUT2D eigenvalue weighted by Gasteiger charge is -2.37. The molecule has 4 heteroatoms. The van der Waals surface area contributed by atoms with Crippen molar-refractivity contribution in [2.75, 3.05) is 31.8 Å². The third kappa shape index (κ3) is 2.44. The highest BCUT2D eigenvalue weighted by atomic mass is 35.5. The highest BCUT2D eigenvalue weighted by Gasteiger charge is 2.29. The molecule has 0 N–H and O–H groups in total. The number of halogens is 1. The maximum Gasteiger partial charge on any atom is 0.137 e. The fourth-order valence-corrected chi connectivity index (χ4v) is 3.32. The van der Waals surface area contributed by atoms with Gasteiger partial charge in [0.2, 0.25) is 0 Å². The zero-order valence-corrected chi connectivity index (χ0v) is 9.02. The standard InChI is InChI=1S/C7H16ClNOSi/c1-11(2,7-8)9-3-5-10-6-4-9/h3-7H2,1-2H3. The first-order chi connectivity index (χ1) is 5.17. The third-order valence-electron chi connectivity index (χ3n) is 2.19. The Labute approximate surface area is 74.6 Å². The van der Waals surface area contributed by atoms with Gasteiger partial charge >= 0.3 is 0 Å². The SMILES string of the molecule is C[Si](C)(CCl)N1CCOCC1. The van der Waals surface area contributed by atoms with Gasteiger partial charge in [-0.25, -0.2) is 0 Å². The number of alkyl halides is 1. The van der Waals surface area contributed by atoms with Crippen molar-refractivity contribution in [3.05, 3.63) is 0 Å². The average Bonchev–Trinajstić information content (AvgIpc) is 2.06. The van der Waals surface area contributed by atoms with Gasteiger partial charge in [0.15, 0.2) is 0 Å². The van der Waals surface area contributed by atoms with Gasteiger partial charge in [0.1, 0.15) is 8.24 Å². The van der Waals surface area contributed by atoms with E-state index in [1.807, 2.05) is 0 Å². The molecule has 1 aliphatic heterocycles. The second-order valence-corrected chi connectivity index (χ2v) is 8.87. The van der Waals surface area contributed by atoms with Gasteiger partial charge in [0, 0.05) is 18.6 Å². The molecule has 0 bridgehead atoms. The number of rotatable bonds is 2. The molecule has 0 amide bonds. The Bertz CT molecular complexity index is 126. The number of nitrogens with zero attached hydrogens (tertiary/aromatic N) is 1. The predicted octanol–water partition coefficient (Wildman–Crippen LogP) is 1.30. The van der Waals surface area contributed by atoms with Crippen molar-refractivity contribution in [3.8, 4) is 0 Å². The Kier molecular flexibility index (Phi) is 3.37. The quantitative estimate of drug-likeness (QED) is 0.485.